The summed E-state index contributed by atoms with van der Waals surface area (Å²) in [5.74, 6) is 1.85. The molecule has 5 aromatic rings. The van der Waals surface area contributed by atoms with E-state index >= 15 is 0 Å². The number of nitrogens with zero attached hydrogens (tertiary/aromatic N) is 2. The number of benzene rings is 3. The van der Waals surface area contributed by atoms with E-state index in [-0.39, 0.29) is 5.41 Å². The van der Waals surface area contributed by atoms with Gasteiger partial charge in [-0.1, -0.05) is 44.5 Å². The maximum atomic E-state index is 4.86. The molecule has 4 nitrogen and oxygen atoms in total. The van der Waals surface area contributed by atoms with Gasteiger partial charge in [-0.05, 0) is 72.4 Å². The van der Waals surface area contributed by atoms with Crippen LogP contribution in [0, 0.1) is 13.8 Å². The Kier molecular flexibility index (Phi) is 4.07. The van der Waals surface area contributed by atoms with Gasteiger partial charge in [-0.2, -0.15) is 0 Å². The summed E-state index contributed by atoms with van der Waals surface area (Å²) in [5.41, 5.74) is 10.2. The molecule has 0 saturated carbocycles. The zero-order chi connectivity index (χ0) is 21.0. The van der Waals surface area contributed by atoms with Crippen LogP contribution in [0.5, 0.6) is 0 Å². The Labute approximate surface area is 176 Å². The van der Waals surface area contributed by atoms with E-state index in [1.54, 1.807) is 0 Å². The molecular formula is C26H26N4. The molecule has 3 aromatic carbocycles. The van der Waals surface area contributed by atoms with E-state index in [1.807, 2.05) is 6.92 Å². The third-order valence-corrected chi connectivity index (χ3v) is 5.63. The molecule has 0 fully saturated rings. The number of hydrogen-bond donors (Lipinski definition) is 2. The van der Waals surface area contributed by atoms with Crippen molar-refractivity contribution in [1.29, 1.82) is 0 Å². The van der Waals surface area contributed by atoms with Crippen molar-refractivity contribution in [3.63, 3.8) is 0 Å². The average Bonchev–Trinajstić information content (AvgIpc) is 3.27. The summed E-state index contributed by atoms with van der Waals surface area (Å²) in [7, 11) is 0. The number of H-pyrrole nitrogens is 2. The number of rotatable bonds is 2. The summed E-state index contributed by atoms with van der Waals surface area (Å²) >= 11 is 0. The smallest absolute Gasteiger partial charge is 0.138 e. The molecule has 0 saturated heterocycles. The maximum absolute atomic E-state index is 4.86. The first kappa shape index (κ1) is 18.6. The predicted octanol–water partition coefficient (Wildman–Crippen LogP) is 6.69. The highest BCUT2D eigenvalue weighted by atomic mass is 14.9. The molecule has 30 heavy (non-hydrogen) atoms. The first-order valence-corrected chi connectivity index (χ1v) is 10.4. The second-order valence-electron chi connectivity index (χ2n) is 9.21. The van der Waals surface area contributed by atoms with E-state index in [0.29, 0.717) is 0 Å². The Morgan fingerprint density at radius 3 is 2.23 bits per heavy atom. The van der Waals surface area contributed by atoms with Crippen molar-refractivity contribution < 1.29 is 0 Å². The van der Waals surface area contributed by atoms with E-state index in [9.17, 15) is 0 Å². The fourth-order valence-corrected chi connectivity index (χ4v) is 3.99. The Morgan fingerprint density at radius 2 is 1.43 bits per heavy atom. The molecule has 0 aliphatic carbocycles. The van der Waals surface area contributed by atoms with Gasteiger partial charge in [0.1, 0.15) is 11.6 Å². The van der Waals surface area contributed by atoms with Gasteiger partial charge in [0.25, 0.3) is 0 Å². The standard InChI is InChI=1S/C26H26N4/c1-15-10-19(12-20(11-15)26(3,4)5)25-29-22-9-7-18(14-24(22)30-25)17-6-8-21-23(13-17)28-16(2)27-21/h6-14H,1-5H3,(H,27,28)(H,29,30). The summed E-state index contributed by atoms with van der Waals surface area (Å²) in [6.07, 6.45) is 0. The monoisotopic (exact) mass is 394 g/mol. The molecular weight excluding hydrogens is 368 g/mol. The molecule has 0 radical (unpaired) electrons. The maximum Gasteiger partial charge on any atom is 0.138 e. The van der Waals surface area contributed by atoms with Crippen LogP contribution < -0.4 is 0 Å². The lowest BCUT2D eigenvalue weighted by Gasteiger charge is -2.20. The number of fused-ring (bicyclic) bond motifs is 2. The van der Waals surface area contributed by atoms with Gasteiger partial charge in [0.15, 0.2) is 0 Å². The highest BCUT2D eigenvalue weighted by Gasteiger charge is 2.16. The van der Waals surface area contributed by atoms with Crippen LogP contribution in [-0.2, 0) is 5.41 Å². The van der Waals surface area contributed by atoms with Crippen molar-refractivity contribution in [2.45, 2.75) is 40.0 Å². The van der Waals surface area contributed by atoms with Gasteiger partial charge in [0.2, 0.25) is 0 Å². The molecule has 5 rings (SSSR count). The van der Waals surface area contributed by atoms with Crippen molar-refractivity contribution in [3.8, 4) is 22.5 Å². The summed E-state index contributed by atoms with van der Waals surface area (Å²) in [4.78, 5) is 16.2. The fourth-order valence-electron chi connectivity index (χ4n) is 3.99. The Balaban J connectivity index is 1.58. The van der Waals surface area contributed by atoms with E-state index in [0.717, 1.165) is 50.4 Å². The quantitative estimate of drug-likeness (QED) is 0.350. The lowest BCUT2D eigenvalue weighted by molar-refractivity contribution is 0.590. The minimum atomic E-state index is 0.100. The molecule has 2 aromatic heterocycles. The number of aryl methyl sites for hydroxylation is 2. The Bertz CT molecular complexity index is 1400. The first-order valence-electron chi connectivity index (χ1n) is 10.4. The van der Waals surface area contributed by atoms with Gasteiger partial charge in [0, 0.05) is 5.56 Å². The average molecular weight is 395 g/mol. The third-order valence-electron chi connectivity index (χ3n) is 5.63. The van der Waals surface area contributed by atoms with Crippen LogP contribution in [0.1, 0.15) is 37.7 Å². The van der Waals surface area contributed by atoms with Crippen LogP contribution in [-0.4, -0.2) is 19.9 Å². The molecule has 0 spiro atoms. The lowest BCUT2D eigenvalue weighted by atomic mass is 9.85. The van der Waals surface area contributed by atoms with E-state index in [1.165, 1.54) is 11.1 Å². The normalized spacial score (nSPS) is 12.2. The van der Waals surface area contributed by atoms with Crippen LogP contribution >= 0.6 is 0 Å². The number of nitrogens with one attached hydrogen (secondary N) is 2. The molecule has 0 atom stereocenters. The highest BCUT2D eigenvalue weighted by Crippen LogP contribution is 2.31. The van der Waals surface area contributed by atoms with Gasteiger partial charge in [-0.3, -0.25) is 0 Å². The van der Waals surface area contributed by atoms with Gasteiger partial charge in [0.05, 0.1) is 22.1 Å². The van der Waals surface area contributed by atoms with Crippen molar-refractivity contribution in [1.82, 2.24) is 19.9 Å². The second-order valence-corrected chi connectivity index (χ2v) is 9.21. The van der Waals surface area contributed by atoms with Crippen LogP contribution in [0.25, 0.3) is 44.6 Å². The minimum absolute atomic E-state index is 0.100. The Hall–Kier alpha value is -3.40. The highest BCUT2D eigenvalue weighted by molar-refractivity contribution is 5.87. The summed E-state index contributed by atoms with van der Waals surface area (Å²) in [6, 6.07) is 19.5. The molecule has 0 aliphatic heterocycles. The third kappa shape index (κ3) is 3.28. The van der Waals surface area contributed by atoms with Crippen LogP contribution in [0.2, 0.25) is 0 Å². The fraction of sp³-hybridized carbons (Fsp3) is 0.231. The summed E-state index contributed by atoms with van der Waals surface area (Å²) < 4.78 is 0. The summed E-state index contributed by atoms with van der Waals surface area (Å²) in [5, 5.41) is 0. The topological polar surface area (TPSA) is 57.4 Å². The van der Waals surface area contributed by atoms with Crippen LogP contribution in [0.15, 0.2) is 54.6 Å². The van der Waals surface area contributed by atoms with Crippen LogP contribution in [0.4, 0.5) is 0 Å². The molecule has 0 amide bonds. The molecule has 4 heteroatoms. The van der Waals surface area contributed by atoms with Crippen LogP contribution in [0.3, 0.4) is 0 Å². The number of hydrogen-bond acceptors (Lipinski definition) is 2. The Morgan fingerprint density at radius 1 is 0.667 bits per heavy atom. The van der Waals surface area contributed by atoms with Gasteiger partial charge < -0.3 is 9.97 Å². The van der Waals surface area contributed by atoms with Crippen molar-refractivity contribution >= 4 is 22.1 Å². The second kappa shape index (κ2) is 6.56. The van der Waals surface area contributed by atoms with Gasteiger partial charge in [-0.15, -0.1) is 0 Å². The van der Waals surface area contributed by atoms with E-state index < -0.39 is 0 Å². The molecule has 2 heterocycles. The zero-order valence-electron chi connectivity index (χ0n) is 18.1. The predicted molar refractivity (Wildman–Crippen MR) is 125 cm³/mol. The van der Waals surface area contributed by atoms with Gasteiger partial charge in [-0.25, -0.2) is 9.97 Å². The lowest BCUT2D eigenvalue weighted by Crippen LogP contribution is -2.11. The largest absolute Gasteiger partial charge is 0.342 e. The minimum Gasteiger partial charge on any atom is -0.342 e. The number of imidazole rings is 2. The first-order chi connectivity index (χ1) is 14.3. The molecule has 2 N–H and O–H groups in total. The zero-order valence-corrected chi connectivity index (χ0v) is 18.1. The van der Waals surface area contributed by atoms with Crippen molar-refractivity contribution in [2.75, 3.05) is 0 Å². The molecule has 0 bridgehead atoms. The number of aromatic amines is 2. The van der Waals surface area contributed by atoms with Crippen molar-refractivity contribution in [2.24, 2.45) is 0 Å². The van der Waals surface area contributed by atoms with E-state index in [4.69, 9.17) is 4.98 Å². The summed E-state index contributed by atoms with van der Waals surface area (Å²) in [6.45, 7) is 10.9. The van der Waals surface area contributed by atoms with Gasteiger partial charge >= 0.3 is 0 Å². The SMILES string of the molecule is Cc1cc(-c2nc3ccc(-c4ccc5[nH]c(C)nc5c4)cc3[nH]2)cc(C(C)(C)C)c1. The van der Waals surface area contributed by atoms with E-state index in [2.05, 4.69) is 97.2 Å². The molecule has 0 aliphatic rings. The number of aromatic nitrogens is 4. The van der Waals surface area contributed by atoms with Crippen molar-refractivity contribution in [3.05, 3.63) is 71.5 Å². The molecule has 150 valence electrons. The molecule has 0 unspecified atom stereocenters.